The van der Waals surface area contributed by atoms with E-state index in [9.17, 15) is 4.79 Å². The molecule has 0 spiro atoms. The molecule has 124 valence electrons. The van der Waals surface area contributed by atoms with Crippen LogP contribution in [0.15, 0.2) is 0 Å². The van der Waals surface area contributed by atoms with Crippen molar-refractivity contribution in [3.8, 4) is 0 Å². The Morgan fingerprint density at radius 2 is 1.95 bits per heavy atom. The molecule has 6 nitrogen and oxygen atoms in total. The van der Waals surface area contributed by atoms with Crippen molar-refractivity contribution in [3.05, 3.63) is 17.0 Å². The molecule has 1 N–H and O–H groups in total. The lowest BCUT2D eigenvalue weighted by molar-refractivity contribution is -0.135. The first-order valence-electron chi connectivity index (χ1n) is 7.97. The van der Waals surface area contributed by atoms with E-state index in [0.717, 1.165) is 43.2 Å². The van der Waals surface area contributed by atoms with E-state index in [1.54, 1.807) is 7.11 Å². The van der Waals surface area contributed by atoms with E-state index in [0.29, 0.717) is 18.5 Å². The van der Waals surface area contributed by atoms with Crippen molar-refractivity contribution >= 4 is 5.91 Å². The third-order valence-electron chi connectivity index (χ3n) is 4.62. The van der Waals surface area contributed by atoms with Gasteiger partial charge in [-0.25, -0.2) is 0 Å². The average molecular weight is 308 g/mol. The Balaban J connectivity index is 1.98. The third-order valence-corrected chi connectivity index (χ3v) is 4.62. The highest BCUT2D eigenvalue weighted by atomic mass is 16.5. The first kappa shape index (κ1) is 17.0. The van der Waals surface area contributed by atoms with Crippen LogP contribution in [-0.4, -0.2) is 71.3 Å². The molecule has 1 aliphatic rings. The highest BCUT2D eigenvalue weighted by Crippen LogP contribution is 2.18. The van der Waals surface area contributed by atoms with E-state index >= 15 is 0 Å². The summed E-state index contributed by atoms with van der Waals surface area (Å²) in [5.74, 6) is 0.192. The zero-order valence-corrected chi connectivity index (χ0v) is 14.3. The second kappa shape index (κ2) is 7.24. The molecule has 0 aliphatic carbocycles. The van der Waals surface area contributed by atoms with Gasteiger partial charge in [0.2, 0.25) is 5.91 Å². The van der Waals surface area contributed by atoms with Crippen molar-refractivity contribution in [3.63, 3.8) is 0 Å². The van der Waals surface area contributed by atoms with E-state index in [2.05, 4.69) is 28.9 Å². The van der Waals surface area contributed by atoms with Crippen molar-refractivity contribution in [2.45, 2.75) is 46.2 Å². The summed E-state index contributed by atoms with van der Waals surface area (Å²) in [5.41, 5.74) is 2.95. The number of hydrogen-bond acceptors (Lipinski definition) is 4. The minimum absolute atomic E-state index is 0.192. The van der Waals surface area contributed by atoms with Crippen LogP contribution in [-0.2, 0) is 16.0 Å². The van der Waals surface area contributed by atoms with Crippen LogP contribution < -0.4 is 0 Å². The molecule has 0 bridgehead atoms. The van der Waals surface area contributed by atoms with Crippen LogP contribution in [0.2, 0.25) is 0 Å². The SMILES string of the molecule is COCCN1[C@H](C)CN(C(=O)Cc2c(C)n[nH]c2C)C[C@@H]1C. The summed E-state index contributed by atoms with van der Waals surface area (Å²) in [5, 5.41) is 7.12. The van der Waals surface area contributed by atoms with Crippen LogP contribution in [0.25, 0.3) is 0 Å². The number of amides is 1. The molecule has 0 aromatic carbocycles. The van der Waals surface area contributed by atoms with E-state index in [-0.39, 0.29) is 5.91 Å². The van der Waals surface area contributed by atoms with Crippen LogP contribution in [0, 0.1) is 13.8 Å². The Morgan fingerprint density at radius 1 is 1.32 bits per heavy atom. The summed E-state index contributed by atoms with van der Waals surface area (Å²) in [6.45, 7) is 11.5. The van der Waals surface area contributed by atoms with Crippen molar-refractivity contribution in [2.24, 2.45) is 0 Å². The summed E-state index contributed by atoms with van der Waals surface area (Å²) in [6, 6.07) is 0.712. The fourth-order valence-corrected chi connectivity index (χ4v) is 3.30. The predicted octanol–water partition coefficient (Wildman–Crippen LogP) is 1.14. The lowest BCUT2D eigenvalue weighted by Gasteiger charge is -2.44. The van der Waals surface area contributed by atoms with Crippen molar-refractivity contribution in [2.75, 3.05) is 33.4 Å². The van der Waals surface area contributed by atoms with Gasteiger partial charge in [-0.15, -0.1) is 0 Å². The number of ether oxygens (including phenoxy) is 1. The van der Waals surface area contributed by atoms with Gasteiger partial charge in [-0.2, -0.15) is 5.10 Å². The van der Waals surface area contributed by atoms with Crippen molar-refractivity contribution < 1.29 is 9.53 Å². The fourth-order valence-electron chi connectivity index (χ4n) is 3.30. The number of rotatable bonds is 5. The highest BCUT2D eigenvalue weighted by molar-refractivity contribution is 5.79. The molecule has 1 aromatic rings. The summed E-state index contributed by atoms with van der Waals surface area (Å²) >= 11 is 0. The molecule has 1 aromatic heterocycles. The number of H-pyrrole nitrogens is 1. The quantitative estimate of drug-likeness (QED) is 0.886. The van der Waals surface area contributed by atoms with Crippen LogP contribution >= 0.6 is 0 Å². The Kier molecular flexibility index (Phi) is 5.58. The van der Waals surface area contributed by atoms with Gasteiger partial charge in [-0.3, -0.25) is 14.8 Å². The molecule has 1 fully saturated rings. The molecular formula is C16H28N4O2. The first-order chi connectivity index (χ1) is 10.4. The van der Waals surface area contributed by atoms with Crippen molar-refractivity contribution in [1.82, 2.24) is 20.0 Å². The molecule has 6 heteroatoms. The van der Waals surface area contributed by atoms with Gasteiger partial charge in [0.15, 0.2) is 0 Å². The maximum atomic E-state index is 12.6. The molecule has 1 saturated heterocycles. The topological polar surface area (TPSA) is 61.5 Å². The monoisotopic (exact) mass is 308 g/mol. The number of aromatic amines is 1. The number of methoxy groups -OCH3 is 1. The Bertz CT molecular complexity index is 483. The molecule has 1 amide bonds. The van der Waals surface area contributed by atoms with Gasteiger partial charge in [0.25, 0.3) is 0 Å². The minimum atomic E-state index is 0.192. The zero-order valence-electron chi connectivity index (χ0n) is 14.3. The van der Waals surface area contributed by atoms with Crippen LogP contribution in [0.3, 0.4) is 0 Å². The lowest BCUT2D eigenvalue weighted by atomic mass is 10.1. The minimum Gasteiger partial charge on any atom is -0.383 e. The Labute approximate surface area is 132 Å². The molecule has 22 heavy (non-hydrogen) atoms. The van der Waals surface area contributed by atoms with Gasteiger partial charge >= 0.3 is 0 Å². The molecule has 0 saturated carbocycles. The summed E-state index contributed by atoms with van der Waals surface area (Å²) in [6.07, 6.45) is 0.436. The molecule has 1 aliphatic heterocycles. The van der Waals surface area contributed by atoms with Crippen molar-refractivity contribution in [1.29, 1.82) is 0 Å². The van der Waals surface area contributed by atoms with Gasteiger partial charge in [-0.1, -0.05) is 0 Å². The molecule has 2 rings (SSSR count). The van der Waals surface area contributed by atoms with E-state index in [1.165, 1.54) is 0 Å². The smallest absolute Gasteiger partial charge is 0.227 e. The largest absolute Gasteiger partial charge is 0.383 e. The number of aromatic nitrogens is 2. The highest BCUT2D eigenvalue weighted by Gasteiger charge is 2.31. The third kappa shape index (κ3) is 3.67. The predicted molar refractivity (Wildman–Crippen MR) is 85.9 cm³/mol. The zero-order chi connectivity index (χ0) is 16.3. The van der Waals surface area contributed by atoms with Crippen LogP contribution in [0.5, 0.6) is 0 Å². The van der Waals surface area contributed by atoms with E-state index in [1.807, 2.05) is 18.7 Å². The number of nitrogens with one attached hydrogen (secondary N) is 1. The van der Waals surface area contributed by atoms with Gasteiger partial charge in [0.1, 0.15) is 0 Å². The average Bonchev–Trinajstić information content (AvgIpc) is 2.78. The van der Waals surface area contributed by atoms with Gasteiger partial charge < -0.3 is 9.64 Å². The van der Waals surface area contributed by atoms with Gasteiger partial charge in [-0.05, 0) is 27.7 Å². The standard InChI is InChI=1S/C16H28N4O2/c1-11-9-19(10-12(2)20(11)6-7-22-5)16(21)8-15-13(3)17-18-14(15)4/h11-12H,6-10H2,1-5H3,(H,17,18)/t11-,12+. The normalized spacial score (nSPS) is 23.0. The molecule has 0 unspecified atom stereocenters. The number of aryl methyl sites for hydroxylation is 2. The van der Waals surface area contributed by atoms with E-state index in [4.69, 9.17) is 4.74 Å². The maximum Gasteiger partial charge on any atom is 0.227 e. The summed E-state index contributed by atoms with van der Waals surface area (Å²) in [4.78, 5) is 17.0. The maximum absolute atomic E-state index is 12.6. The molecule has 0 radical (unpaired) electrons. The molecule has 2 heterocycles. The van der Waals surface area contributed by atoms with Gasteiger partial charge in [0.05, 0.1) is 18.7 Å². The number of nitrogens with zero attached hydrogens (tertiary/aromatic N) is 3. The Morgan fingerprint density at radius 3 is 2.45 bits per heavy atom. The number of carbonyl (C=O) groups is 1. The van der Waals surface area contributed by atoms with Crippen LogP contribution in [0.4, 0.5) is 0 Å². The second-order valence-corrected chi connectivity index (χ2v) is 6.32. The number of carbonyl (C=O) groups excluding carboxylic acids is 1. The molecular weight excluding hydrogens is 280 g/mol. The lowest BCUT2D eigenvalue weighted by Crippen LogP contribution is -2.58. The molecule has 2 atom stereocenters. The number of piperazine rings is 1. The Hall–Kier alpha value is -1.40. The fraction of sp³-hybridized carbons (Fsp3) is 0.750. The summed E-state index contributed by atoms with van der Waals surface area (Å²) in [7, 11) is 1.73. The van der Waals surface area contributed by atoms with Crippen LogP contribution in [0.1, 0.15) is 30.8 Å². The van der Waals surface area contributed by atoms with E-state index < -0.39 is 0 Å². The summed E-state index contributed by atoms with van der Waals surface area (Å²) < 4.78 is 5.18. The first-order valence-corrected chi connectivity index (χ1v) is 7.97. The second-order valence-electron chi connectivity index (χ2n) is 6.32. The van der Waals surface area contributed by atoms with Gasteiger partial charge in [0, 0.05) is 50.1 Å². The number of hydrogen-bond donors (Lipinski definition) is 1.